The van der Waals surface area contributed by atoms with Crippen molar-refractivity contribution in [2.75, 3.05) is 20.2 Å². The van der Waals surface area contributed by atoms with E-state index in [4.69, 9.17) is 9.84 Å². The number of hydrogen-bond acceptors (Lipinski definition) is 3. The first-order chi connectivity index (χ1) is 10.1. The van der Waals surface area contributed by atoms with Crippen LogP contribution >= 0.6 is 0 Å². The summed E-state index contributed by atoms with van der Waals surface area (Å²) < 4.78 is 5.07. The van der Waals surface area contributed by atoms with E-state index >= 15 is 0 Å². The maximum Gasteiger partial charge on any atom is 0.308 e. The van der Waals surface area contributed by atoms with Gasteiger partial charge in [-0.15, -0.1) is 0 Å². The molecule has 1 heterocycles. The van der Waals surface area contributed by atoms with Crippen molar-refractivity contribution >= 4 is 18.0 Å². The van der Waals surface area contributed by atoms with E-state index in [0.717, 1.165) is 17.7 Å². The van der Waals surface area contributed by atoms with Gasteiger partial charge in [0.2, 0.25) is 5.91 Å². The molecule has 1 atom stereocenters. The third-order valence-electron chi connectivity index (χ3n) is 3.62. The summed E-state index contributed by atoms with van der Waals surface area (Å²) in [6.45, 7) is 0.913. The minimum absolute atomic E-state index is 0.142. The number of amides is 1. The van der Waals surface area contributed by atoms with Crippen LogP contribution in [0.25, 0.3) is 6.08 Å². The van der Waals surface area contributed by atoms with Crippen LogP contribution in [0.5, 0.6) is 5.75 Å². The molecule has 1 N–H and O–H groups in total. The fourth-order valence-corrected chi connectivity index (χ4v) is 2.37. The lowest BCUT2D eigenvalue weighted by molar-refractivity contribution is -0.144. The zero-order chi connectivity index (χ0) is 15.2. The Labute approximate surface area is 123 Å². The fraction of sp³-hybridized carbons (Fsp3) is 0.375. The third-order valence-corrected chi connectivity index (χ3v) is 3.62. The number of rotatable bonds is 4. The number of nitrogens with zero attached hydrogens (tertiary/aromatic N) is 1. The molecule has 1 saturated heterocycles. The molecule has 112 valence electrons. The Morgan fingerprint density at radius 3 is 2.67 bits per heavy atom. The molecule has 2 rings (SSSR count). The highest BCUT2D eigenvalue weighted by Gasteiger charge is 2.26. The molecule has 1 aromatic rings. The maximum atomic E-state index is 12.1. The van der Waals surface area contributed by atoms with Crippen LogP contribution in [0, 0.1) is 5.92 Å². The van der Waals surface area contributed by atoms with Crippen molar-refractivity contribution < 1.29 is 19.4 Å². The van der Waals surface area contributed by atoms with Gasteiger partial charge in [0.05, 0.1) is 13.0 Å². The molecule has 0 aromatic heterocycles. The van der Waals surface area contributed by atoms with Crippen molar-refractivity contribution in [2.24, 2.45) is 5.92 Å². The van der Waals surface area contributed by atoms with Gasteiger partial charge in [0.25, 0.3) is 0 Å². The maximum absolute atomic E-state index is 12.1. The van der Waals surface area contributed by atoms with Crippen LogP contribution < -0.4 is 4.74 Å². The standard InChI is InChI=1S/C16H19NO4/c1-21-14-7-4-12(5-8-14)6-9-15(18)17-10-2-3-13(11-17)16(19)20/h4-9,13H,2-3,10-11H2,1H3,(H,19,20)/b9-6+. The van der Waals surface area contributed by atoms with Gasteiger partial charge in [-0.3, -0.25) is 9.59 Å². The number of carboxylic acids is 1. The van der Waals surface area contributed by atoms with E-state index in [1.165, 1.54) is 6.08 Å². The molecule has 21 heavy (non-hydrogen) atoms. The van der Waals surface area contributed by atoms with Gasteiger partial charge in [0.15, 0.2) is 0 Å². The van der Waals surface area contributed by atoms with Gasteiger partial charge >= 0.3 is 5.97 Å². The molecule has 1 aliphatic heterocycles. The Hall–Kier alpha value is -2.30. The molecule has 1 amide bonds. The first kappa shape index (κ1) is 15.1. The highest BCUT2D eigenvalue weighted by atomic mass is 16.5. The van der Waals surface area contributed by atoms with Crippen molar-refractivity contribution in [1.82, 2.24) is 4.90 Å². The molecular weight excluding hydrogens is 270 g/mol. The van der Waals surface area contributed by atoms with Crippen LogP contribution in [-0.2, 0) is 9.59 Å². The topological polar surface area (TPSA) is 66.8 Å². The van der Waals surface area contributed by atoms with E-state index in [1.54, 1.807) is 18.1 Å². The van der Waals surface area contributed by atoms with Gasteiger partial charge in [0.1, 0.15) is 5.75 Å². The Balaban J connectivity index is 1.96. The monoisotopic (exact) mass is 289 g/mol. The van der Waals surface area contributed by atoms with Crippen LogP contribution in [0.2, 0.25) is 0 Å². The van der Waals surface area contributed by atoms with Crippen molar-refractivity contribution in [3.05, 3.63) is 35.9 Å². The average molecular weight is 289 g/mol. The number of hydrogen-bond donors (Lipinski definition) is 1. The molecular formula is C16H19NO4. The lowest BCUT2D eigenvalue weighted by Crippen LogP contribution is -2.41. The zero-order valence-electron chi connectivity index (χ0n) is 12.0. The summed E-state index contributed by atoms with van der Waals surface area (Å²) in [4.78, 5) is 24.7. The number of carboxylic acid groups (broad SMARTS) is 1. The van der Waals surface area contributed by atoms with Crippen molar-refractivity contribution in [1.29, 1.82) is 0 Å². The van der Waals surface area contributed by atoms with Crippen LogP contribution in [0.1, 0.15) is 18.4 Å². The molecule has 1 fully saturated rings. The van der Waals surface area contributed by atoms with Crippen LogP contribution in [-0.4, -0.2) is 42.1 Å². The first-order valence-corrected chi connectivity index (χ1v) is 6.94. The number of methoxy groups -OCH3 is 1. The number of aliphatic carboxylic acids is 1. The van der Waals surface area contributed by atoms with Crippen molar-refractivity contribution in [3.8, 4) is 5.75 Å². The van der Waals surface area contributed by atoms with Gasteiger partial charge in [-0.05, 0) is 36.6 Å². The summed E-state index contributed by atoms with van der Waals surface area (Å²) in [5, 5.41) is 9.03. The molecule has 1 unspecified atom stereocenters. The average Bonchev–Trinajstić information content (AvgIpc) is 2.53. The van der Waals surface area contributed by atoms with Crippen LogP contribution in [0.4, 0.5) is 0 Å². The van der Waals surface area contributed by atoms with Crippen molar-refractivity contribution in [2.45, 2.75) is 12.8 Å². The van der Waals surface area contributed by atoms with Gasteiger partial charge in [0, 0.05) is 19.2 Å². The molecule has 0 radical (unpaired) electrons. The minimum Gasteiger partial charge on any atom is -0.497 e. The summed E-state index contributed by atoms with van der Waals surface area (Å²) in [5.41, 5.74) is 0.899. The first-order valence-electron chi connectivity index (χ1n) is 6.94. The Morgan fingerprint density at radius 1 is 1.33 bits per heavy atom. The highest BCUT2D eigenvalue weighted by molar-refractivity contribution is 5.92. The Morgan fingerprint density at radius 2 is 2.05 bits per heavy atom. The summed E-state index contributed by atoms with van der Waals surface area (Å²) in [5.74, 6) is -0.653. The normalized spacial score (nSPS) is 18.7. The van der Waals surface area contributed by atoms with E-state index in [9.17, 15) is 9.59 Å². The van der Waals surface area contributed by atoms with Crippen LogP contribution in [0.15, 0.2) is 30.3 Å². The summed E-state index contributed by atoms with van der Waals surface area (Å²) in [7, 11) is 1.60. The zero-order valence-corrected chi connectivity index (χ0v) is 12.0. The number of carbonyl (C=O) groups is 2. The predicted octanol–water partition coefficient (Wildman–Crippen LogP) is 2.03. The smallest absolute Gasteiger partial charge is 0.308 e. The Kier molecular flexibility index (Phi) is 4.98. The van der Waals surface area contributed by atoms with E-state index < -0.39 is 11.9 Å². The molecule has 0 spiro atoms. The van der Waals surface area contributed by atoms with E-state index in [-0.39, 0.29) is 5.91 Å². The second-order valence-corrected chi connectivity index (χ2v) is 5.07. The minimum atomic E-state index is -0.827. The second-order valence-electron chi connectivity index (χ2n) is 5.07. The molecule has 5 nitrogen and oxygen atoms in total. The fourth-order valence-electron chi connectivity index (χ4n) is 2.37. The predicted molar refractivity (Wildman–Crippen MR) is 79.0 cm³/mol. The van der Waals surface area contributed by atoms with Gasteiger partial charge < -0.3 is 14.7 Å². The number of piperidine rings is 1. The second kappa shape index (κ2) is 6.92. The third kappa shape index (κ3) is 4.08. The molecule has 0 saturated carbocycles. The molecule has 5 heteroatoms. The lowest BCUT2D eigenvalue weighted by atomic mass is 9.98. The van der Waals surface area contributed by atoms with Gasteiger partial charge in [-0.1, -0.05) is 12.1 Å². The number of benzene rings is 1. The number of likely N-dealkylation sites (tertiary alicyclic amines) is 1. The largest absolute Gasteiger partial charge is 0.497 e. The highest BCUT2D eigenvalue weighted by Crippen LogP contribution is 2.17. The summed E-state index contributed by atoms with van der Waals surface area (Å²) in [6, 6.07) is 7.37. The quantitative estimate of drug-likeness (QED) is 0.861. The molecule has 0 aliphatic carbocycles. The summed E-state index contributed by atoms with van der Waals surface area (Å²) in [6.07, 6.45) is 4.60. The van der Waals surface area contributed by atoms with Gasteiger partial charge in [-0.2, -0.15) is 0 Å². The van der Waals surface area contributed by atoms with E-state index in [2.05, 4.69) is 0 Å². The molecule has 1 aliphatic rings. The number of ether oxygens (including phenoxy) is 1. The van der Waals surface area contributed by atoms with Gasteiger partial charge in [-0.25, -0.2) is 0 Å². The Bertz CT molecular complexity index is 536. The van der Waals surface area contributed by atoms with Crippen molar-refractivity contribution in [3.63, 3.8) is 0 Å². The molecule has 0 bridgehead atoms. The lowest BCUT2D eigenvalue weighted by Gasteiger charge is -2.29. The van der Waals surface area contributed by atoms with E-state index in [1.807, 2.05) is 24.3 Å². The summed E-state index contributed by atoms with van der Waals surface area (Å²) >= 11 is 0. The molecule has 1 aromatic carbocycles. The van der Waals surface area contributed by atoms with Crippen LogP contribution in [0.3, 0.4) is 0 Å². The number of carbonyl (C=O) groups excluding carboxylic acids is 1. The van der Waals surface area contributed by atoms with E-state index in [0.29, 0.717) is 19.5 Å². The SMILES string of the molecule is COc1ccc(/C=C/C(=O)N2CCCC(C(=O)O)C2)cc1.